The highest BCUT2D eigenvalue weighted by Gasteiger charge is 2.34. The highest BCUT2D eigenvalue weighted by molar-refractivity contribution is 7.90. The predicted octanol–water partition coefficient (Wildman–Crippen LogP) is 2.35. The second kappa shape index (κ2) is 7.29. The lowest BCUT2D eigenvalue weighted by molar-refractivity contribution is -0.137. The van der Waals surface area contributed by atoms with Crippen LogP contribution >= 0.6 is 0 Å². The highest BCUT2D eigenvalue weighted by atomic mass is 32.2. The zero-order chi connectivity index (χ0) is 18.7. The average molecular weight is 373 g/mol. The van der Waals surface area contributed by atoms with Gasteiger partial charge in [-0.15, -0.1) is 0 Å². The molecule has 0 unspecified atom stereocenters. The summed E-state index contributed by atoms with van der Waals surface area (Å²) in [6.45, 7) is -0.351. The van der Waals surface area contributed by atoms with Crippen molar-refractivity contribution in [3.8, 4) is 0 Å². The van der Waals surface area contributed by atoms with E-state index in [0.29, 0.717) is 11.1 Å². The van der Waals surface area contributed by atoms with Gasteiger partial charge in [-0.2, -0.15) is 0 Å². The number of nitrogens with zero attached hydrogens (tertiary/aromatic N) is 1. The summed E-state index contributed by atoms with van der Waals surface area (Å²) in [6.07, 6.45) is 1.59. The van der Waals surface area contributed by atoms with Crippen LogP contribution in [0.5, 0.6) is 0 Å². The van der Waals surface area contributed by atoms with Crippen LogP contribution in [-0.4, -0.2) is 42.9 Å². The van der Waals surface area contributed by atoms with E-state index in [-0.39, 0.29) is 29.1 Å². The Balaban J connectivity index is 1.82. The molecule has 1 N–H and O–H groups in total. The molecule has 1 aliphatic rings. The molecule has 0 spiro atoms. The van der Waals surface area contributed by atoms with Gasteiger partial charge in [-0.25, -0.2) is 8.42 Å². The molecule has 0 aliphatic heterocycles. The lowest BCUT2D eigenvalue weighted by atomic mass is 10.1. The number of hydrogen-bond acceptors (Lipinski definition) is 4. The van der Waals surface area contributed by atoms with Crippen molar-refractivity contribution in [2.24, 2.45) is 0 Å². The van der Waals surface area contributed by atoms with Crippen molar-refractivity contribution in [3.63, 3.8) is 0 Å². The summed E-state index contributed by atoms with van der Waals surface area (Å²) in [5, 5.41) is 9.02. The van der Waals surface area contributed by atoms with Gasteiger partial charge in [-0.1, -0.05) is 30.3 Å². The maximum Gasteiger partial charge on any atom is 0.323 e. The minimum absolute atomic E-state index is 0.0460. The van der Waals surface area contributed by atoms with E-state index < -0.39 is 15.8 Å². The average Bonchev–Trinajstić information content (AvgIpc) is 3.44. The molecular weight excluding hydrogens is 354 g/mol. The molecule has 6 nitrogen and oxygen atoms in total. The Labute approximate surface area is 152 Å². The summed E-state index contributed by atoms with van der Waals surface area (Å²) in [4.78, 5) is 25.2. The van der Waals surface area contributed by atoms with Crippen molar-refractivity contribution >= 4 is 21.7 Å². The van der Waals surface area contributed by atoms with Gasteiger partial charge in [-0.05, 0) is 42.7 Å². The standard InChI is InChI=1S/C19H19NO5S/c21-18(22)12-20(16-9-10-16)19(23)15-6-4-5-14(11-15)13-26(24,25)17-7-2-1-3-8-17/h1-8,11,16H,9-10,12-13H2,(H,21,22). The lowest BCUT2D eigenvalue weighted by Gasteiger charge is -2.20. The third-order valence-electron chi connectivity index (χ3n) is 4.19. The minimum atomic E-state index is -3.52. The molecule has 136 valence electrons. The van der Waals surface area contributed by atoms with Crippen LogP contribution in [0.25, 0.3) is 0 Å². The smallest absolute Gasteiger partial charge is 0.323 e. The monoisotopic (exact) mass is 373 g/mol. The van der Waals surface area contributed by atoms with E-state index >= 15 is 0 Å². The zero-order valence-electron chi connectivity index (χ0n) is 14.0. The maximum absolute atomic E-state index is 12.7. The summed E-state index contributed by atoms with van der Waals surface area (Å²) in [6, 6.07) is 14.5. The second-order valence-corrected chi connectivity index (χ2v) is 8.32. The Kier molecular flexibility index (Phi) is 5.08. The van der Waals surface area contributed by atoms with Crippen LogP contribution < -0.4 is 0 Å². The molecule has 0 aromatic heterocycles. The van der Waals surface area contributed by atoms with Gasteiger partial charge in [0.2, 0.25) is 0 Å². The fraction of sp³-hybridized carbons (Fsp3) is 0.263. The third-order valence-corrected chi connectivity index (χ3v) is 5.89. The van der Waals surface area contributed by atoms with Gasteiger partial charge in [0.25, 0.3) is 5.91 Å². The molecule has 0 heterocycles. The van der Waals surface area contributed by atoms with Crippen LogP contribution in [0, 0.1) is 0 Å². The van der Waals surface area contributed by atoms with E-state index in [1.807, 2.05) is 0 Å². The third kappa shape index (κ3) is 4.29. The Morgan fingerprint density at radius 2 is 1.73 bits per heavy atom. The number of carbonyl (C=O) groups is 2. The van der Waals surface area contributed by atoms with Crippen LogP contribution in [0.3, 0.4) is 0 Å². The molecular formula is C19H19NO5S. The molecule has 1 fully saturated rings. The molecule has 0 saturated heterocycles. The topological polar surface area (TPSA) is 91.8 Å². The van der Waals surface area contributed by atoms with Crippen molar-refractivity contribution in [1.29, 1.82) is 0 Å². The number of sulfone groups is 1. The molecule has 1 amide bonds. The van der Waals surface area contributed by atoms with E-state index in [2.05, 4.69) is 0 Å². The first-order chi connectivity index (χ1) is 12.4. The molecule has 1 saturated carbocycles. The number of amides is 1. The normalized spacial score (nSPS) is 14.0. The molecule has 0 radical (unpaired) electrons. The van der Waals surface area contributed by atoms with Gasteiger partial charge in [0, 0.05) is 11.6 Å². The fourth-order valence-corrected chi connectivity index (χ4v) is 4.15. The number of benzene rings is 2. The van der Waals surface area contributed by atoms with Crippen LogP contribution in [-0.2, 0) is 20.4 Å². The lowest BCUT2D eigenvalue weighted by Crippen LogP contribution is -2.37. The van der Waals surface area contributed by atoms with Gasteiger partial charge in [0.1, 0.15) is 6.54 Å². The Bertz CT molecular complexity index is 920. The minimum Gasteiger partial charge on any atom is -0.480 e. The van der Waals surface area contributed by atoms with Crippen molar-refractivity contribution in [3.05, 3.63) is 65.7 Å². The van der Waals surface area contributed by atoms with E-state index in [9.17, 15) is 18.0 Å². The molecule has 3 rings (SSSR count). The SMILES string of the molecule is O=C(O)CN(C(=O)c1cccc(CS(=O)(=O)c2ccccc2)c1)C1CC1. The number of carboxylic acids is 1. The van der Waals surface area contributed by atoms with E-state index in [1.54, 1.807) is 36.4 Å². The summed E-state index contributed by atoms with van der Waals surface area (Å²) in [7, 11) is -3.52. The number of carbonyl (C=O) groups excluding carboxylic acids is 1. The van der Waals surface area contributed by atoms with E-state index in [4.69, 9.17) is 5.11 Å². The first-order valence-corrected chi connectivity index (χ1v) is 9.91. The molecule has 2 aromatic rings. The van der Waals surface area contributed by atoms with Crippen LogP contribution in [0.4, 0.5) is 0 Å². The van der Waals surface area contributed by atoms with Crippen molar-refractivity contribution in [2.45, 2.75) is 29.5 Å². The first-order valence-electron chi connectivity index (χ1n) is 8.26. The Hall–Kier alpha value is -2.67. The summed E-state index contributed by atoms with van der Waals surface area (Å²) >= 11 is 0. The number of rotatable bonds is 7. The first kappa shape index (κ1) is 18.1. The number of aliphatic carboxylic acids is 1. The van der Waals surface area contributed by atoms with Crippen molar-refractivity contribution in [2.75, 3.05) is 6.54 Å². The van der Waals surface area contributed by atoms with Crippen molar-refractivity contribution in [1.82, 2.24) is 4.90 Å². The Morgan fingerprint density at radius 3 is 2.35 bits per heavy atom. The van der Waals surface area contributed by atoms with E-state index in [1.165, 1.54) is 23.1 Å². The fourth-order valence-electron chi connectivity index (χ4n) is 2.79. The molecule has 1 aliphatic carbocycles. The predicted molar refractivity (Wildman–Crippen MR) is 95.5 cm³/mol. The second-order valence-electron chi connectivity index (χ2n) is 6.33. The van der Waals surface area contributed by atoms with Gasteiger partial charge in [0.05, 0.1) is 10.6 Å². The van der Waals surface area contributed by atoms with Gasteiger partial charge in [0.15, 0.2) is 9.84 Å². The number of hydrogen-bond donors (Lipinski definition) is 1. The van der Waals surface area contributed by atoms with E-state index in [0.717, 1.165) is 12.8 Å². The summed E-state index contributed by atoms with van der Waals surface area (Å²) < 4.78 is 25.0. The molecule has 0 bridgehead atoms. The van der Waals surface area contributed by atoms with Crippen molar-refractivity contribution < 1.29 is 23.1 Å². The van der Waals surface area contributed by atoms with Crippen LogP contribution in [0.15, 0.2) is 59.5 Å². The summed E-state index contributed by atoms with van der Waals surface area (Å²) in [5.41, 5.74) is 0.796. The quantitative estimate of drug-likeness (QED) is 0.804. The molecule has 0 atom stereocenters. The van der Waals surface area contributed by atoms with Gasteiger partial charge >= 0.3 is 5.97 Å². The van der Waals surface area contributed by atoms with Crippen LogP contribution in [0.1, 0.15) is 28.8 Å². The van der Waals surface area contributed by atoms with Gasteiger partial charge in [-0.3, -0.25) is 9.59 Å². The van der Waals surface area contributed by atoms with Crippen LogP contribution in [0.2, 0.25) is 0 Å². The summed E-state index contributed by atoms with van der Waals surface area (Å²) in [5.74, 6) is -1.66. The molecule has 7 heteroatoms. The zero-order valence-corrected chi connectivity index (χ0v) is 14.9. The Morgan fingerprint density at radius 1 is 1.04 bits per heavy atom. The maximum atomic E-state index is 12.7. The largest absolute Gasteiger partial charge is 0.480 e. The molecule has 2 aromatic carbocycles. The van der Waals surface area contributed by atoms with Gasteiger partial charge < -0.3 is 10.0 Å². The highest BCUT2D eigenvalue weighted by Crippen LogP contribution is 2.28. The molecule has 26 heavy (non-hydrogen) atoms. The number of carboxylic acid groups (broad SMARTS) is 1.